The van der Waals surface area contributed by atoms with E-state index in [0.29, 0.717) is 6.54 Å². The monoisotopic (exact) mass is 399 g/mol. The number of carbonyl (C=O) groups excluding carboxylic acids is 1. The molecule has 0 saturated carbocycles. The van der Waals surface area contributed by atoms with Crippen LogP contribution in [0.5, 0.6) is 0 Å². The highest BCUT2D eigenvalue weighted by Crippen LogP contribution is 2.26. The molecule has 0 bridgehead atoms. The maximum atomic E-state index is 13.8. The number of rotatable bonds is 6. The summed E-state index contributed by atoms with van der Waals surface area (Å²) in [6, 6.07) is 6.75. The predicted molar refractivity (Wildman–Crippen MR) is 109 cm³/mol. The number of aromatic nitrogens is 1. The summed E-state index contributed by atoms with van der Waals surface area (Å²) in [6.07, 6.45) is 6.21. The fourth-order valence-corrected chi connectivity index (χ4v) is 3.07. The van der Waals surface area contributed by atoms with Crippen LogP contribution < -0.4 is 16.1 Å². The molecule has 0 aliphatic carbocycles. The lowest BCUT2D eigenvalue weighted by Gasteiger charge is -2.29. The van der Waals surface area contributed by atoms with Gasteiger partial charge in [-0.2, -0.15) is 0 Å². The lowest BCUT2D eigenvalue weighted by Crippen LogP contribution is -2.39. The summed E-state index contributed by atoms with van der Waals surface area (Å²) in [5.41, 5.74) is 5.94. The van der Waals surface area contributed by atoms with Crippen LogP contribution in [0.15, 0.2) is 54.5 Å². The van der Waals surface area contributed by atoms with Gasteiger partial charge in [-0.15, -0.1) is 0 Å². The molecule has 0 spiro atoms. The van der Waals surface area contributed by atoms with E-state index in [4.69, 9.17) is 0 Å². The molecular weight excluding hydrogens is 376 g/mol. The molecule has 152 valence electrons. The third-order valence-electron chi connectivity index (χ3n) is 4.67. The number of hydrogen-bond acceptors (Lipinski definition) is 5. The molecule has 1 aliphatic rings. The zero-order valence-corrected chi connectivity index (χ0v) is 16.3. The van der Waals surface area contributed by atoms with Gasteiger partial charge < -0.3 is 16.1 Å². The van der Waals surface area contributed by atoms with Crippen LogP contribution in [0, 0.1) is 11.6 Å². The molecular formula is C21H23F2N5O. The molecule has 3 N–H and O–H groups in total. The summed E-state index contributed by atoms with van der Waals surface area (Å²) < 4.78 is 27.5. The van der Waals surface area contributed by atoms with Gasteiger partial charge in [0.1, 0.15) is 23.0 Å². The van der Waals surface area contributed by atoms with Gasteiger partial charge in [0.05, 0.1) is 0 Å². The fraction of sp³-hybridized carbons (Fsp3) is 0.238. The molecule has 1 aromatic carbocycles. The van der Waals surface area contributed by atoms with Gasteiger partial charge in [0, 0.05) is 38.7 Å². The van der Waals surface area contributed by atoms with Crippen LogP contribution in [0.2, 0.25) is 0 Å². The Balaban J connectivity index is 1.71. The predicted octanol–water partition coefficient (Wildman–Crippen LogP) is 3.29. The molecule has 2 heterocycles. The molecule has 2 aromatic rings. The van der Waals surface area contributed by atoms with E-state index >= 15 is 0 Å². The second-order valence-electron chi connectivity index (χ2n) is 6.66. The van der Waals surface area contributed by atoms with E-state index in [0.717, 1.165) is 36.2 Å². The minimum absolute atomic E-state index is 0.224. The zero-order valence-electron chi connectivity index (χ0n) is 16.3. The van der Waals surface area contributed by atoms with Crippen molar-refractivity contribution in [1.82, 2.24) is 20.7 Å². The molecule has 1 aliphatic heterocycles. The van der Waals surface area contributed by atoms with E-state index in [9.17, 15) is 13.6 Å². The number of anilines is 1. The number of hydrogen-bond donors (Lipinski definition) is 3. The fourth-order valence-electron chi connectivity index (χ4n) is 3.07. The Morgan fingerprint density at radius 1 is 1.17 bits per heavy atom. The molecule has 0 fully saturated rings. The maximum Gasteiger partial charge on any atom is 0.262 e. The van der Waals surface area contributed by atoms with E-state index in [1.807, 2.05) is 25.5 Å². The van der Waals surface area contributed by atoms with Crippen molar-refractivity contribution in [2.24, 2.45) is 0 Å². The van der Waals surface area contributed by atoms with Crippen molar-refractivity contribution < 1.29 is 13.6 Å². The zero-order chi connectivity index (χ0) is 20.8. The largest absolute Gasteiger partial charge is 0.393 e. The van der Waals surface area contributed by atoms with E-state index in [-0.39, 0.29) is 5.82 Å². The van der Waals surface area contributed by atoms with E-state index in [1.165, 1.54) is 11.6 Å². The van der Waals surface area contributed by atoms with E-state index in [2.05, 4.69) is 33.0 Å². The summed E-state index contributed by atoms with van der Waals surface area (Å²) in [6.45, 7) is 3.68. The first-order chi connectivity index (χ1) is 14.0. The quantitative estimate of drug-likeness (QED) is 0.696. The van der Waals surface area contributed by atoms with Gasteiger partial charge >= 0.3 is 0 Å². The summed E-state index contributed by atoms with van der Waals surface area (Å²) in [5.74, 6) is -2.48. The van der Waals surface area contributed by atoms with E-state index < -0.39 is 23.1 Å². The summed E-state index contributed by atoms with van der Waals surface area (Å²) in [4.78, 5) is 16.4. The van der Waals surface area contributed by atoms with Gasteiger partial charge in [0.25, 0.3) is 5.91 Å². The Hall–Kier alpha value is -3.26. The smallest absolute Gasteiger partial charge is 0.262 e. The van der Waals surface area contributed by atoms with E-state index in [1.54, 1.807) is 12.3 Å². The Labute approximate surface area is 168 Å². The van der Waals surface area contributed by atoms with Gasteiger partial charge in [-0.1, -0.05) is 11.6 Å². The average molecular weight is 399 g/mol. The lowest BCUT2D eigenvalue weighted by molar-refractivity contribution is 0.101. The van der Waals surface area contributed by atoms with Gasteiger partial charge in [0.15, 0.2) is 0 Å². The number of halogens is 2. The van der Waals surface area contributed by atoms with Crippen LogP contribution in [0.3, 0.4) is 0 Å². The Morgan fingerprint density at radius 2 is 1.93 bits per heavy atom. The van der Waals surface area contributed by atoms with Gasteiger partial charge in [-0.3, -0.25) is 4.79 Å². The molecule has 1 amide bonds. The van der Waals surface area contributed by atoms with Crippen LogP contribution in [-0.4, -0.2) is 36.0 Å². The van der Waals surface area contributed by atoms with Crippen LogP contribution in [-0.2, 0) is 0 Å². The van der Waals surface area contributed by atoms with Gasteiger partial charge in [-0.25, -0.2) is 18.8 Å². The molecule has 0 saturated heterocycles. The van der Waals surface area contributed by atoms with Crippen molar-refractivity contribution in [3.05, 3.63) is 77.3 Å². The number of nitrogens with zero attached hydrogens (tertiary/aromatic N) is 2. The number of nitrogens with one attached hydrogen (secondary N) is 3. The summed E-state index contributed by atoms with van der Waals surface area (Å²) >= 11 is 0. The molecule has 1 aromatic heterocycles. The van der Waals surface area contributed by atoms with Gasteiger partial charge in [0.2, 0.25) is 0 Å². The molecule has 0 radical (unpaired) electrons. The highest BCUT2D eigenvalue weighted by atomic mass is 19.1. The SMILES string of the molecule is CN/C=C\NN1CCC(C)=C(c2ccc(NC(=O)c3c(F)cccc3F)nc2)C1. The highest BCUT2D eigenvalue weighted by molar-refractivity contribution is 6.04. The van der Waals surface area contributed by atoms with Crippen molar-refractivity contribution >= 4 is 17.3 Å². The molecule has 0 atom stereocenters. The highest BCUT2D eigenvalue weighted by Gasteiger charge is 2.19. The molecule has 8 heteroatoms. The topological polar surface area (TPSA) is 69.3 Å². The van der Waals surface area contributed by atoms with Crippen molar-refractivity contribution in [2.75, 3.05) is 25.5 Å². The number of carbonyl (C=O) groups is 1. The Kier molecular flexibility index (Phi) is 6.56. The van der Waals surface area contributed by atoms with Crippen LogP contribution in [0.1, 0.15) is 29.3 Å². The van der Waals surface area contributed by atoms with Crippen molar-refractivity contribution in [3.63, 3.8) is 0 Å². The molecule has 0 unspecified atom stereocenters. The van der Waals surface area contributed by atoms with Crippen LogP contribution in [0.25, 0.3) is 5.57 Å². The molecule has 3 rings (SSSR count). The minimum Gasteiger partial charge on any atom is -0.393 e. The van der Waals surface area contributed by atoms with Crippen LogP contribution >= 0.6 is 0 Å². The number of amides is 1. The summed E-state index contributed by atoms with van der Waals surface area (Å²) in [7, 11) is 1.83. The average Bonchev–Trinajstić information content (AvgIpc) is 2.70. The van der Waals surface area contributed by atoms with Crippen LogP contribution in [0.4, 0.5) is 14.6 Å². The lowest BCUT2D eigenvalue weighted by atomic mass is 9.97. The normalized spacial score (nSPS) is 14.9. The minimum atomic E-state index is -0.915. The second kappa shape index (κ2) is 9.29. The maximum absolute atomic E-state index is 13.8. The van der Waals surface area contributed by atoms with Gasteiger partial charge in [-0.05, 0) is 48.7 Å². The Morgan fingerprint density at radius 3 is 2.59 bits per heavy atom. The summed E-state index contributed by atoms with van der Waals surface area (Å²) in [5, 5.41) is 7.46. The molecule has 6 nitrogen and oxygen atoms in total. The first-order valence-electron chi connectivity index (χ1n) is 9.23. The standard InChI is InChI=1S/C21H23F2N5O/c1-14-8-11-28(26-10-9-24-2)13-16(14)15-6-7-19(25-12-15)27-21(29)20-17(22)4-3-5-18(20)23/h3-7,9-10,12,24,26H,8,11,13H2,1-2H3,(H,25,27,29)/b10-9-. The number of benzene rings is 1. The second-order valence-corrected chi connectivity index (χ2v) is 6.66. The van der Waals surface area contributed by atoms with Crippen molar-refractivity contribution in [3.8, 4) is 0 Å². The Bertz CT molecular complexity index is 920. The number of pyridine rings is 1. The number of hydrazine groups is 1. The van der Waals surface area contributed by atoms with Crippen molar-refractivity contribution in [2.45, 2.75) is 13.3 Å². The van der Waals surface area contributed by atoms with Crippen molar-refractivity contribution in [1.29, 1.82) is 0 Å². The molecule has 29 heavy (non-hydrogen) atoms. The third kappa shape index (κ3) is 4.97. The first-order valence-corrected chi connectivity index (χ1v) is 9.23. The first kappa shape index (κ1) is 20.5. The third-order valence-corrected chi connectivity index (χ3v) is 4.67.